The summed E-state index contributed by atoms with van der Waals surface area (Å²) in [4.78, 5) is 5.28. The zero-order valence-corrected chi connectivity index (χ0v) is 69.8. The fraction of sp³-hybridized carbons (Fsp3) is 0.259. The molecule has 0 N–H and O–H groups in total. The highest BCUT2D eigenvalue weighted by Gasteiger charge is 2.80. The van der Waals surface area contributed by atoms with E-state index in [4.69, 9.17) is 0 Å². The van der Waals surface area contributed by atoms with Gasteiger partial charge in [0.2, 0.25) is 0 Å². The van der Waals surface area contributed by atoms with Crippen molar-refractivity contribution < 1.29 is 0 Å². The number of benzene rings is 15. The third-order valence-corrected chi connectivity index (χ3v) is 30.8. The highest BCUT2D eigenvalue weighted by molar-refractivity contribution is 6.08. The first-order valence-electron chi connectivity index (χ1n) is 44.1. The van der Waals surface area contributed by atoms with Crippen molar-refractivity contribution in [2.24, 2.45) is 40.9 Å². The van der Waals surface area contributed by atoms with Gasteiger partial charge in [-0.1, -0.05) is 359 Å². The van der Waals surface area contributed by atoms with E-state index in [-0.39, 0.29) is 27.1 Å². The van der Waals surface area contributed by atoms with Crippen molar-refractivity contribution >= 4 is 55.7 Å². The molecule has 8 fully saturated rings. The van der Waals surface area contributed by atoms with Crippen molar-refractivity contribution in [2.75, 3.05) is 9.80 Å². The second kappa shape index (κ2) is 27.5. The normalized spacial score (nSPS) is 22.4. The standard InChI is InChI=1S/C116H106N2/c1-111(2,3)87-57-55-82(56-58-87)94-36-16-20-44-104(94)118(105-45-21-17-37-97(105)99-39-23-31-83-33-25-41-101(109(83)99)114-72-85-64-90(114)65-86(85)73-114)108-68-89(60-62-96(108)80-29-13-10-14-30-80)113(7,8)69-75-47-49-77(50-48-75)78-51-53-81(54-52-78)93-35-15-19-43-103(93)117(107-67-88(112(4,5)6)59-61-95(107)79-27-11-9-12-28-79)106-46-22-18-38-98(106)100-40-24-32-84-34-26-42-102(110(84)100)115-70-76-63-91-66-92(74-115)116(91,115)71-76/h9-62,67-68,76,85-86,90-92H,63-66,69-74H2,1-8H3. The van der Waals surface area contributed by atoms with Crippen molar-refractivity contribution in [3.8, 4) is 77.9 Å². The Hall–Kier alpha value is -11.6. The van der Waals surface area contributed by atoms with Crippen molar-refractivity contribution in [3.05, 3.63) is 373 Å². The van der Waals surface area contributed by atoms with Crippen LogP contribution in [0.2, 0.25) is 0 Å². The Balaban J connectivity index is 0.628. The van der Waals surface area contributed by atoms with Crippen LogP contribution in [0.25, 0.3) is 99.4 Å². The number of nitrogens with zero attached hydrogens (tertiary/aromatic N) is 2. The van der Waals surface area contributed by atoms with E-state index in [2.05, 4.69) is 405 Å². The van der Waals surface area contributed by atoms with Crippen LogP contribution in [0.5, 0.6) is 0 Å². The van der Waals surface area contributed by atoms with Gasteiger partial charge in [-0.2, -0.15) is 0 Å². The summed E-state index contributed by atoms with van der Waals surface area (Å²) >= 11 is 0. The zero-order chi connectivity index (χ0) is 79.6. The lowest BCUT2D eigenvalue weighted by molar-refractivity contribution is -0.198. The molecule has 7 atom stereocenters. The molecule has 0 aliphatic heterocycles. The molecule has 0 aromatic heterocycles. The van der Waals surface area contributed by atoms with Gasteiger partial charge in [0.05, 0.1) is 34.1 Å². The number of hydrogen-bond acceptors (Lipinski definition) is 2. The lowest BCUT2D eigenvalue weighted by atomic mass is 9.30. The van der Waals surface area contributed by atoms with E-state index >= 15 is 0 Å². The highest BCUT2D eigenvalue weighted by Crippen LogP contribution is 2.87. The predicted molar refractivity (Wildman–Crippen MR) is 498 cm³/mol. The van der Waals surface area contributed by atoms with Gasteiger partial charge >= 0.3 is 0 Å². The largest absolute Gasteiger partial charge is 0.309 e. The van der Waals surface area contributed by atoms with Crippen molar-refractivity contribution in [1.29, 1.82) is 0 Å². The molecule has 15 aromatic rings. The molecule has 580 valence electrons. The number of hydrogen-bond donors (Lipinski definition) is 0. The van der Waals surface area contributed by atoms with Crippen LogP contribution < -0.4 is 9.80 Å². The molecule has 23 rings (SSSR count). The highest BCUT2D eigenvalue weighted by atomic mass is 15.2. The first kappa shape index (κ1) is 72.8. The smallest absolute Gasteiger partial charge is 0.0543 e. The number of rotatable bonds is 18. The summed E-state index contributed by atoms with van der Waals surface area (Å²) in [5, 5.41) is 5.59. The van der Waals surface area contributed by atoms with E-state index in [1.165, 1.54) is 197 Å². The minimum Gasteiger partial charge on any atom is -0.309 e. The maximum Gasteiger partial charge on any atom is 0.0543 e. The molecule has 0 heterocycles. The maximum absolute atomic E-state index is 2.65. The summed E-state index contributed by atoms with van der Waals surface area (Å²) in [5.41, 5.74) is 33.1. The van der Waals surface area contributed by atoms with Gasteiger partial charge in [0.15, 0.2) is 0 Å². The van der Waals surface area contributed by atoms with Crippen LogP contribution in [0.3, 0.4) is 0 Å². The molecule has 0 saturated heterocycles. The number of fused-ring (bicyclic) bond motifs is 3. The monoisotopic (exact) mass is 1530 g/mol. The average molecular weight is 1530 g/mol. The molecule has 0 amide bonds. The van der Waals surface area contributed by atoms with E-state index < -0.39 is 0 Å². The molecule has 6 bridgehead atoms. The molecule has 7 unspecified atom stereocenters. The SMILES string of the molecule is CC(C)(C)c1ccc(-c2ccccc2N(c2cc(C(C)(C)Cc3ccc(-c4ccc(-c5ccccc5N(c5cc(C(C)(C)C)ccc5-c5ccccc5)c5ccccc5-c5cccc6cccc(C78CC9CC%10CC(C7)C%108C9)c56)cc4)cc3)ccc2-c2ccccc2)c2ccccc2-c2cccc3cccc(C45CC6CC4CC6C5)c23)cc1. The van der Waals surface area contributed by atoms with Crippen molar-refractivity contribution in [3.63, 3.8) is 0 Å². The molecular weight excluding hydrogens is 1420 g/mol. The van der Waals surface area contributed by atoms with Gasteiger partial charge in [0, 0.05) is 38.8 Å². The molecule has 8 aliphatic rings. The summed E-state index contributed by atoms with van der Waals surface area (Å²) in [5.74, 6) is 5.17. The summed E-state index contributed by atoms with van der Waals surface area (Å²) in [6.07, 6.45) is 13.3. The summed E-state index contributed by atoms with van der Waals surface area (Å²) in [6.45, 7) is 18.9. The van der Waals surface area contributed by atoms with Crippen molar-refractivity contribution in [2.45, 2.75) is 147 Å². The molecule has 15 aromatic carbocycles. The minimum absolute atomic E-state index is 0.0213. The Morgan fingerprint density at radius 1 is 0.280 bits per heavy atom. The lowest BCUT2D eigenvalue weighted by Crippen LogP contribution is -2.68. The van der Waals surface area contributed by atoms with E-state index in [1.807, 2.05) is 0 Å². The Morgan fingerprint density at radius 2 is 0.678 bits per heavy atom. The Bertz CT molecular complexity index is 6400. The van der Waals surface area contributed by atoms with E-state index in [1.54, 1.807) is 11.1 Å². The third kappa shape index (κ3) is 11.5. The Kier molecular flexibility index (Phi) is 17.0. The van der Waals surface area contributed by atoms with Gasteiger partial charge < -0.3 is 9.80 Å². The van der Waals surface area contributed by atoms with Crippen LogP contribution in [0.4, 0.5) is 34.1 Å². The summed E-state index contributed by atoms with van der Waals surface area (Å²) < 4.78 is 0. The Labute approximate surface area is 699 Å². The minimum atomic E-state index is -0.282. The topological polar surface area (TPSA) is 6.48 Å². The first-order valence-corrected chi connectivity index (χ1v) is 44.1. The zero-order valence-electron chi connectivity index (χ0n) is 69.8. The second-order valence-corrected chi connectivity index (χ2v) is 39.5. The molecule has 0 radical (unpaired) electrons. The van der Waals surface area contributed by atoms with Crippen LogP contribution in [0.15, 0.2) is 340 Å². The van der Waals surface area contributed by atoms with Crippen LogP contribution in [0, 0.1) is 40.9 Å². The fourth-order valence-electron chi connectivity index (χ4n) is 25.4. The van der Waals surface area contributed by atoms with Crippen LogP contribution >= 0.6 is 0 Å². The number of anilines is 6. The molecule has 118 heavy (non-hydrogen) atoms. The quantitative estimate of drug-likeness (QED) is 0.0845. The molecule has 2 heteroatoms. The second-order valence-electron chi connectivity index (χ2n) is 39.5. The van der Waals surface area contributed by atoms with E-state index in [0.717, 1.165) is 59.0 Å². The Morgan fingerprint density at radius 3 is 1.17 bits per heavy atom. The van der Waals surface area contributed by atoms with Crippen LogP contribution in [-0.2, 0) is 33.5 Å². The fourth-order valence-corrected chi connectivity index (χ4v) is 25.4. The predicted octanol–water partition coefficient (Wildman–Crippen LogP) is 31.5. The van der Waals surface area contributed by atoms with Gasteiger partial charge in [0.25, 0.3) is 0 Å². The molecular formula is C116H106N2. The van der Waals surface area contributed by atoms with Crippen LogP contribution in [0.1, 0.15) is 147 Å². The van der Waals surface area contributed by atoms with Gasteiger partial charge in [-0.25, -0.2) is 0 Å². The van der Waals surface area contributed by atoms with Crippen LogP contribution in [-0.4, -0.2) is 0 Å². The summed E-state index contributed by atoms with van der Waals surface area (Å²) in [6, 6.07) is 131. The van der Waals surface area contributed by atoms with Gasteiger partial charge in [-0.05, 0) is 263 Å². The third-order valence-electron chi connectivity index (χ3n) is 30.8. The lowest BCUT2D eigenvalue weighted by Gasteiger charge is -2.73. The average Bonchev–Trinajstić information content (AvgIpc) is 1.43. The van der Waals surface area contributed by atoms with E-state index in [0.29, 0.717) is 5.41 Å². The van der Waals surface area contributed by atoms with Gasteiger partial charge in [0.1, 0.15) is 0 Å². The summed E-state index contributed by atoms with van der Waals surface area (Å²) in [7, 11) is 0. The molecule has 1 spiro atoms. The van der Waals surface area contributed by atoms with Gasteiger partial charge in [-0.3, -0.25) is 0 Å². The molecule has 8 aliphatic carbocycles. The maximum atomic E-state index is 2.65. The molecule has 2 nitrogen and oxygen atoms in total. The first-order chi connectivity index (χ1) is 57.4. The van der Waals surface area contributed by atoms with Gasteiger partial charge in [-0.15, -0.1) is 0 Å². The van der Waals surface area contributed by atoms with Crippen molar-refractivity contribution in [1.82, 2.24) is 0 Å². The molecule has 8 saturated carbocycles. The van der Waals surface area contributed by atoms with E-state index in [9.17, 15) is 0 Å². The number of para-hydroxylation sites is 4.